The van der Waals surface area contributed by atoms with Crippen molar-refractivity contribution in [2.24, 2.45) is 5.10 Å². The minimum Gasteiger partial charge on any atom is -0.267 e. The molecule has 1 N–H and O–H groups in total. The highest BCUT2D eigenvalue weighted by atomic mass is 79.9. The van der Waals surface area contributed by atoms with Crippen molar-refractivity contribution in [3.05, 3.63) is 69.4 Å². The van der Waals surface area contributed by atoms with E-state index in [2.05, 4.69) is 33.4 Å². The molecule has 108 valence electrons. The van der Waals surface area contributed by atoms with E-state index in [0.717, 1.165) is 6.42 Å². The Bertz CT molecular complexity index is 668. The Hall–Kier alpha value is -2.01. The summed E-state index contributed by atoms with van der Waals surface area (Å²) >= 11 is 3.09. The Morgan fingerprint density at radius 2 is 2.00 bits per heavy atom. The highest BCUT2D eigenvalue weighted by Crippen LogP contribution is 2.15. The van der Waals surface area contributed by atoms with E-state index in [4.69, 9.17) is 0 Å². The second-order valence-corrected chi connectivity index (χ2v) is 5.28. The summed E-state index contributed by atoms with van der Waals surface area (Å²) in [5, 5.41) is 3.86. The number of carbonyl (C=O) groups is 1. The first-order valence-corrected chi connectivity index (χ1v) is 7.27. The molecule has 0 aliphatic rings. The van der Waals surface area contributed by atoms with Crippen molar-refractivity contribution < 1.29 is 9.18 Å². The third-order valence-electron chi connectivity index (χ3n) is 2.95. The van der Waals surface area contributed by atoms with E-state index >= 15 is 0 Å². The zero-order valence-corrected chi connectivity index (χ0v) is 13.0. The fourth-order valence-corrected chi connectivity index (χ4v) is 2.11. The average Bonchev–Trinajstić information content (AvgIpc) is 2.51. The molecule has 2 aromatic carbocycles. The Morgan fingerprint density at radius 1 is 1.29 bits per heavy atom. The number of aryl methyl sites for hydroxylation is 1. The van der Waals surface area contributed by atoms with Crippen molar-refractivity contribution in [1.29, 1.82) is 0 Å². The molecule has 0 aliphatic carbocycles. The molecule has 0 aromatic heterocycles. The zero-order valence-electron chi connectivity index (χ0n) is 11.4. The van der Waals surface area contributed by atoms with Crippen LogP contribution in [-0.2, 0) is 6.42 Å². The minimum absolute atomic E-state index is 0.282. The first-order chi connectivity index (χ1) is 10.1. The topological polar surface area (TPSA) is 41.5 Å². The molecule has 0 radical (unpaired) electrons. The second kappa shape index (κ2) is 7.13. The highest BCUT2D eigenvalue weighted by Gasteiger charge is 2.03. The van der Waals surface area contributed by atoms with Crippen LogP contribution >= 0.6 is 15.9 Å². The van der Waals surface area contributed by atoms with Gasteiger partial charge in [0.2, 0.25) is 0 Å². The van der Waals surface area contributed by atoms with Crippen LogP contribution in [-0.4, -0.2) is 12.1 Å². The average molecular weight is 349 g/mol. The number of benzene rings is 2. The maximum atomic E-state index is 13.1. The van der Waals surface area contributed by atoms with E-state index in [1.54, 1.807) is 24.3 Å². The number of nitrogens with one attached hydrogen (secondary N) is 1. The van der Waals surface area contributed by atoms with Crippen LogP contribution in [0.15, 0.2) is 52.0 Å². The molecule has 0 fully saturated rings. The zero-order chi connectivity index (χ0) is 15.2. The molecule has 2 aromatic rings. The Labute approximate surface area is 131 Å². The number of carbonyl (C=O) groups excluding carboxylic acids is 1. The fraction of sp³-hybridized carbons (Fsp3) is 0.125. The number of nitrogens with zero attached hydrogens (tertiary/aromatic N) is 1. The molecular weight excluding hydrogens is 335 g/mol. The van der Waals surface area contributed by atoms with Crippen LogP contribution < -0.4 is 5.43 Å². The normalized spacial score (nSPS) is 10.8. The van der Waals surface area contributed by atoms with Crippen LogP contribution in [0.3, 0.4) is 0 Å². The summed E-state index contributed by atoms with van der Waals surface area (Å²) in [5.74, 6) is -0.623. The van der Waals surface area contributed by atoms with Gasteiger partial charge in [0.05, 0.1) is 10.7 Å². The van der Waals surface area contributed by atoms with Crippen LogP contribution in [0.1, 0.15) is 28.4 Å². The maximum absolute atomic E-state index is 13.1. The predicted molar refractivity (Wildman–Crippen MR) is 85.0 cm³/mol. The smallest absolute Gasteiger partial charge is 0.267 e. The molecule has 0 atom stereocenters. The summed E-state index contributed by atoms with van der Waals surface area (Å²) in [4.78, 5) is 11.9. The summed E-state index contributed by atoms with van der Waals surface area (Å²) in [7, 11) is 0. The lowest BCUT2D eigenvalue weighted by atomic mass is 10.1. The SMILES string of the molecule is CCc1ccc(C(=O)N/N=C\c2ccc(F)c(Br)c2)cc1. The van der Waals surface area contributed by atoms with E-state index in [1.165, 1.54) is 17.8 Å². The largest absolute Gasteiger partial charge is 0.271 e. The van der Waals surface area contributed by atoms with Crippen molar-refractivity contribution in [3.8, 4) is 0 Å². The molecule has 0 bridgehead atoms. The lowest BCUT2D eigenvalue weighted by Crippen LogP contribution is -2.17. The number of hydrogen-bond acceptors (Lipinski definition) is 2. The van der Waals surface area contributed by atoms with Gasteiger partial charge in [-0.05, 0) is 57.7 Å². The van der Waals surface area contributed by atoms with Gasteiger partial charge in [0, 0.05) is 5.56 Å². The highest BCUT2D eigenvalue weighted by molar-refractivity contribution is 9.10. The maximum Gasteiger partial charge on any atom is 0.271 e. The molecule has 1 amide bonds. The Balaban J connectivity index is 1.99. The van der Waals surface area contributed by atoms with Gasteiger partial charge in [-0.25, -0.2) is 9.82 Å². The van der Waals surface area contributed by atoms with Gasteiger partial charge < -0.3 is 0 Å². The van der Waals surface area contributed by atoms with E-state index in [-0.39, 0.29) is 11.7 Å². The fourth-order valence-electron chi connectivity index (χ4n) is 1.71. The minimum atomic E-state index is -0.341. The molecule has 0 spiro atoms. The van der Waals surface area contributed by atoms with E-state index in [9.17, 15) is 9.18 Å². The van der Waals surface area contributed by atoms with Crippen LogP contribution in [0.5, 0.6) is 0 Å². The molecule has 0 saturated carbocycles. The molecule has 5 heteroatoms. The van der Waals surface area contributed by atoms with Crippen LogP contribution in [0.25, 0.3) is 0 Å². The van der Waals surface area contributed by atoms with Crippen LogP contribution in [0, 0.1) is 5.82 Å². The van der Waals surface area contributed by atoms with Crippen LogP contribution in [0.4, 0.5) is 4.39 Å². The second-order valence-electron chi connectivity index (χ2n) is 4.42. The number of amides is 1. The van der Waals surface area contributed by atoms with Crippen molar-refractivity contribution >= 4 is 28.1 Å². The van der Waals surface area contributed by atoms with Gasteiger partial charge in [-0.1, -0.05) is 25.1 Å². The van der Waals surface area contributed by atoms with Gasteiger partial charge in [0.25, 0.3) is 5.91 Å². The standard InChI is InChI=1S/C16H14BrFN2O/c1-2-11-3-6-13(7-4-11)16(21)20-19-10-12-5-8-15(18)14(17)9-12/h3-10H,2H2,1H3,(H,20,21)/b19-10-. The summed E-state index contributed by atoms with van der Waals surface area (Å²) in [5.41, 5.74) is 4.84. The van der Waals surface area contributed by atoms with Crippen molar-refractivity contribution in [3.63, 3.8) is 0 Å². The number of halogens is 2. The van der Waals surface area contributed by atoms with E-state index in [0.29, 0.717) is 15.6 Å². The number of hydrazone groups is 1. The van der Waals surface area contributed by atoms with Gasteiger partial charge in [0.15, 0.2) is 0 Å². The molecule has 0 aliphatic heterocycles. The Morgan fingerprint density at radius 3 is 2.62 bits per heavy atom. The van der Waals surface area contributed by atoms with Crippen molar-refractivity contribution in [2.45, 2.75) is 13.3 Å². The molecule has 0 saturated heterocycles. The third kappa shape index (κ3) is 4.23. The summed E-state index contributed by atoms with van der Waals surface area (Å²) in [6, 6.07) is 11.8. The van der Waals surface area contributed by atoms with Crippen molar-refractivity contribution in [1.82, 2.24) is 5.43 Å². The molecule has 2 rings (SSSR count). The van der Waals surface area contributed by atoms with Gasteiger partial charge >= 0.3 is 0 Å². The van der Waals surface area contributed by atoms with Crippen LogP contribution in [0.2, 0.25) is 0 Å². The van der Waals surface area contributed by atoms with Crippen molar-refractivity contribution in [2.75, 3.05) is 0 Å². The first kappa shape index (κ1) is 15.4. The van der Waals surface area contributed by atoms with Gasteiger partial charge in [-0.15, -0.1) is 0 Å². The Kier molecular flexibility index (Phi) is 5.22. The predicted octanol–water partition coefficient (Wildman–Crippen LogP) is 3.91. The van der Waals surface area contributed by atoms with Gasteiger partial charge in [0.1, 0.15) is 5.82 Å². The quantitative estimate of drug-likeness (QED) is 0.660. The molecular formula is C16H14BrFN2O. The number of rotatable bonds is 4. The molecule has 0 unspecified atom stereocenters. The summed E-state index contributed by atoms with van der Waals surface area (Å²) in [6.07, 6.45) is 2.39. The third-order valence-corrected chi connectivity index (χ3v) is 3.56. The van der Waals surface area contributed by atoms with Gasteiger partial charge in [-0.2, -0.15) is 5.10 Å². The summed E-state index contributed by atoms with van der Waals surface area (Å²) < 4.78 is 13.4. The van der Waals surface area contributed by atoms with E-state index < -0.39 is 0 Å². The van der Waals surface area contributed by atoms with E-state index in [1.807, 2.05) is 12.1 Å². The number of hydrogen-bond donors (Lipinski definition) is 1. The van der Waals surface area contributed by atoms with Gasteiger partial charge in [-0.3, -0.25) is 4.79 Å². The molecule has 0 heterocycles. The lowest BCUT2D eigenvalue weighted by Gasteiger charge is -2.01. The first-order valence-electron chi connectivity index (χ1n) is 6.47. The molecule has 21 heavy (non-hydrogen) atoms. The molecule has 3 nitrogen and oxygen atoms in total. The monoisotopic (exact) mass is 348 g/mol. The summed E-state index contributed by atoms with van der Waals surface area (Å²) in [6.45, 7) is 2.06. The lowest BCUT2D eigenvalue weighted by molar-refractivity contribution is 0.0955.